The molecule has 0 bridgehead atoms. The topological polar surface area (TPSA) is 53.1 Å². The van der Waals surface area contributed by atoms with Crippen molar-refractivity contribution < 1.29 is 9.15 Å². The summed E-state index contributed by atoms with van der Waals surface area (Å²) < 4.78 is 12.8. The van der Waals surface area contributed by atoms with Gasteiger partial charge < -0.3 is 9.15 Å². The third kappa shape index (κ3) is 1.86. The van der Waals surface area contributed by atoms with Gasteiger partial charge in [-0.15, -0.1) is 0 Å². The minimum absolute atomic E-state index is 0.583. The summed E-state index contributed by atoms with van der Waals surface area (Å²) in [5.41, 5.74) is 4.65. The van der Waals surface area contributed by atoms with Crippen LogP contribution >= 0.6 is 0 Å². The van der Waals surface area contributed by atoms with E-state index in [1.165, 1.54) is 30.3 Å². The Morgan fingerprint density at radius 3 is 2.91 bits per heavy atom. The monoisotopic (exact) mass is 305 g/mol. The van der Waals surface area contributed by atoms with Crippen molar-refractivity contribution in [1.82, 2.24) is 14.8 Å². The summed E-state index contributed by atoms with van der Waals surface area (Å²) in [5.74, 6) is 1.32. The minimum Gasteiger partial charge on any atom is -0.497 e. The largest absolute Gasteiger partial charge is 0.497 e. The summed E-state index contributed by atoms with van der Waals surface area (Å²) in [4.78, 5) is 4.36. The van der Waals surface area contributed by atoms with Gasteiger partial charge in [-0.1, -0.05) is 18.2 Å². The molecule has 0 unspecified atom stereocenters. The molecule has 2 aromatic carbocycles. The molecule has 1 saturated carbocycles. The zero-order chi connectivity index (χ0) is 15.4. The fourth-order valence-corrected chi connectivity index (χ4v) is 3.14. The molecule has 0 radical (unpaired) electrons. The number of ether oxygens (including phenoxy) is 1. The quantitative estimate of drug-likeness (QED) is 0.573. The lowest BCUT2D eigenvalue weighted by atomic mass is 10.1. The molecule has 23 heavy (non-hydrogen) atoms. The Balaban J connectivity index is 1.85. The third-order valence-electron chi connectivity index (χ3n) is 4.43. The number of para-hydroxylation sites is 1. The highest BCUT2D eigenvalue weighted by molar-refractivity contribution is 5.89. The Labute approximate surface area is 132 Å². The first-order chi connectivity index (χ1) is 11.3. The molecule has 5 nitrogen and oxygen atoms in total. The van der Waals surface area contributed by atoms with Gasteiger partial charge in [-0.3, -0.25) is 0 Å². The SMILES string of the molecule is COc1cc(-n2nc(C3CC3)c3ccccc32)c2ncoc2c1. The van der Waals surface area contributed by atoms with Crippen molar-refractivity contribution in [2.75, 3.05) is 7.11 Å². The number of methoxy groups -OCH3 is 1. The van der Waals surface area contributed by atoms with Crippen LogP contribution < -0.4 is 4.74 Å². The Hall–Kier alpha value is -2.82. The zero-order valence-electron chi connectivity index (χ0n) is 12.7. The smallest absolute Gasteiger partial charge is 0.182 e. The van der Waals surface area contributed by atoms with Gasteiger partial charge in [0, 0.05) is 23.4 Å². The van der Waals surface area contributed by atoms with Crippen LogP contribution in [-0.4, -0.2) is 21.9 Å². The Morgan fingerprint density at radius 1 is 1.22 bits per heavy atom. The average molecular weight is 305 g/mol. The van der Waals surface area contributed by atoms with Gasteiger partial charge >= 0.3 is 0 Å². The molecule has 1 fully saturated rings. The molecule has 0 saturated heterocycles. The average Bonchev–Trinajstić information content (AvgIpc) is 3.20. The van der Waals surface area contributed by atoms with Crippen LogP contribution in [0.1, 0.15) is 24.5 Å². The molecule has 0 spiro atoms. The first kappa shape index (κ1) is 12.7. The van der Waals surface area contributed by atoms with Crippen LogP contribution in [0.2, 0.25) is 0 Å². The number of oxazole rings is 1. The Bertz CT molecular complexity index is 1030. The van der Waals surface area contributed by atoms with E-state index >= 15 is 0 Å². The first-order valence-electron chi connectivity index (χ1n) is 7.74. The number of fused-ring (bicyclic) bond motifs is 2. The van der Waals surface area contributed by atoms with Crippen LogP contribution in [0.15, 0.2) is 47.2 Å². The van der Waals surface area contributed by atoms with Crippen LogP contribution in [0.4, 0.5) is 0 Å². The van der Waals surface area contributed by atoms with Crippen LogP contribution in [-0.2, 0) is 0 Å². The van der Waals surface area contributed by atoms with Crippen molar-refractivity contribution in [1.29, 1.82) is 0 Å². The summed E-state index contributed by atoms with van der Waals surface area (Å²) in [7, 11) is 1.65. The molecular weight excluding hydrogens is 290 g/mol. The maximum atomic E-state index is 5.47. The van der Waals surface area contributed by atoms with E-state index in [0.29, 0.717) is 11.5 Å². The number of hydrogen-bond acceptors (Lipinski definition) is 4. The van der Waals surface area contributed by atoms with E-state index in [1.807, 2.05) is 22.9 Å². The van der Waals surface area contributed by atoms with Crippen molar-refractivity contribution in [3.8, 4) is 11.4 Å². The van der Waals surface area contributed by atoms with Crippen molar-refractivity contribution in [2.45, 2.75) is 18.8 Å². The lowest BCUT2D eigenvalue weighted by Gasteiger charge is -2.07. The van der Waals surface area contributed by atoms with E-state index in [0.717, 1.165) is 22.5 Å². The van der Waals surface area contributed by atoms with Gasteiger partial charge in [0.05, 0.1) is 24.0 Å². The lowest BCUT2D eigenvalue weighted by Crippen LogP contribution is -1.99. The van der Waals surface area contributed by atoms with E-state index in [9.17, 15) is 0 Å². The third-order valence-corrected chi connectivity index (χ3v) is 4.43. The van der Waals surface area contributed by atoms with E-state index in [2.05, 4.69) is 23.2 Å². The summed E-state index contributed by atoms with van der Waals surface area (Å²) >= 11 is 0. The van der Waals surface area contributed by atoms with Crippen LogP contribution in [0.25, 0.3) is 27.7 Å². The van der Waals surface area contributed by atoms with Crippen molar-refractivity contribution in [3.63, 3.8) is 0 Å². The Morgan fingerprint density at radius 2 is 2.09 bits per heavy atom. The van der Waals surface area contributed by atoms with E-state index in [-0.39, 0.29) is 0 Å². The molecule has 5 rings (SSSR count). The first-order valence-corrected chi connectivity index (χ1v) is 7.74. The highest BCUT2D eigenvalue weighted by atomic mass is 16.5. The molecule has 4 aromatic rings. The number of hydrogen-bond donors (Lipinski definition) is 0. The minimum atomic E-state index is 0.583. The predicted octanol–water partition coefficient (Wildman–Crippen LogP) is 4.05. The number of benzene rings is 2. The van der Waals surface area contributed by atoms with Gasteiger partial charge in [-0.25, -0.2) is 9.67 Å². The molecule has 0 N–H and O–H groups in total. The van der Waals surface area contributed by atoms with Crippen LogP contribution in [0.5, 0.6) is 5.75 Å². The summed E-state index contributed by atoms with van der Waals surface area (Å²) in [6.07, 6.45) is 3.90. The van der Waals surface area contributed by atoms with E-state index in [1.54, 1.807) is 7.11 Å². The highest BCUT2D eigenvalue weighted by Crippen LogP contribution is 2.43. The van der Waals surface area contributed by atoms with Gasteiger partial charge in [0.15, 0.2) is 12.0 Å². The molecule has 0 amide bonds. The van der Waals surface area contributed by atoms with E-state index < -0.39 is 0 Å². The second-order valence-electron chi connectivity index (χ2n) is 5.93. The molecule has 114 valence electrons. The summed E-state index contributed by atoms with van der Waals surface area (Å²) in [6.45, 7) is 0. The number of aromatic nitrogens is 3. The van der Waals surface area contributed by atoms with Gasteiger partial charge in [0.2, 0.25) is 0 Å². The van der Waals surface area contributed by atoms with Crippen LogP contribution in [0.3, 0.4) is 0 Å². The zero-order valence-corrected chi connectivity index (χ0v) is 12.7. The standard InChI is InChI=1S/C18H15N3O2/c1-22-12-8-15(18-16(9-12)23-10-19-18)21-14-5-3-2-4-13(14)17(20-21)11-6-7-11/h2-5,8-11H,6-7H2,1H3. The molecule has 1 aliphatic carbocycles. The van der Waals surface area contributed by atoms with Crippen molar-refractivity contribution in [2.24, 2.45) is 0 Å². The summed E-state index contributed by atoms with van der Waals surface area (Å²) in [5, 5.41) is 6.12. The predicted molar refractivity (Wildman–Crippen MR) is 87.2 cm³/mol. The Kier molecular flexibility index (Phi) is 2.53. The molecule has 5 heteroatoms. The van der Waals surface area contributed by atoms with Crippen molar-refractivity contribution >= 4 is 22.0 Å². The van der Waals surface area contributed by atoms with E-state index in [4.69, 9.17) is 14.3 Å². The van der Waals surface area contributed by atoms with Gasteiger partial charge in [0.25, 0.3) is 0 Å². The highest BCUT2D eigenvalue weighted by Gasteiger charge is 2.29. The number of nitrogens with zero attached hydrogens (tertiary/aromatic N) is 3. The molecule has 0 atom stereocenters. The normalized spacial score (nSPS) is 14.7. The van der Waals surface area contributed by atoms with Gasteiger partial charge in [-0.2, -0.15) is 5.10 Å². The van der Waals surface area contributed by atoms with Gasteiger partial charge in [-0.05, 0) is 18.9 Å². The van der Waals surface area contributed by atoms with Crippen molar-refractivity contribution in [3.05, 3.63) is 48.5 Å². The number of rotatable bonds is 3. The fourth-order valence-electron chi connectivity index (χ4n) is 3.14. The lowest BCUT2D eigenvalue weighted by molar-refractivity contribution is 0.414. The maximum Gasteiger partial charge on any atom is 0.182 e. The molecule has 2 aromatic heterocycles. The fraction of sp³-hybridized carbons (Fsp3) is 0.222. The molecule has 0 aliphatic heterocycles. The summed E-state index contributed by atoms with van der Waals surface area (Å²) in [6, 6.07) is 12.2. The second kappa shape index (κ2) is 4.59. The second-order valence-corrected chi connectivity index (χ2v) is 5.93. The maximum absolute atomic E-state index is 5.47. The van der Waals surface area contributed by atoms with Gasteiger partial charge in [0.1, 0.15) is 11.3 Å². The van der Waals surface area contributed by atoms with Crippen LogP contribution in [0, 0.1) is 0 Å². The molecule has 2 heterocycles. The molecule has 1 aliphatic rings. The molecular formula is C18H15N3O2.